The molecule has 0 amide bonds. The summed E-state index contributed by atoms with van der Waals surface area (Å²) in [6.07, 6.45) is 16.2. The SMILES string of the molecule is CCCCCCOP(CCCCC)CCCCC. The zero-order valence-electron chi connectivity index (χ0n) is 13.0. The Balaban J connectivity index is 3.60. The Labute approximate surface area is 117 Å². The molecule has 0 rings (SSSR count). The fourth-order valence-electron chi connectivity index (χ4n) is 2.04. The molecule has 2 heteroatoms. The Morgan fingerprint density at radius 1 is 0.611 bits per heavy atom. The van der Waals surface area contributed by atoms with Gasteiger partial charge in [0.15, 0.2) is 0 Å². The molecule has 0 aliphatic rings. The fraction of sp³-hybridized carbons (Fsp3) is 1.00. The van der Waals surface area contributed by atoms with Crippen molar-refractivity contribution < 1.29 is 4.52 Å². The van der Waals surface area contributed by atoms with Crippen LogP contribution in [-0.4, -0.2) is 18.9 Å². The maximum Gasteiger partial charge on any atom is 0.0508 e. The quantitative estimate of drug-likeness (QED) is 0.264. The average molecular weight is 274 g/mol. The predicted molar refractivity (Wildman–Crippen MR) is 85.8 cm³/mol. The molecule has 0 aliphatic carbocycles. The molecule has 0 fully saturated rings. The third kappa shape index (κ3) is 12.8. The molecule has 0 aromatic heterocycles. The highest BCUT2D eigenvalue weighted by atomic mass is 31.1. The van der Waals surface area contributed by atoms with Gasteiger partial charge < -0.3 is 4.52 Å². The molecule has 0 aliphatic heterocycles. The van der Waals surface area contributed by atoms with Gasteiger partial charge in [-0.05, 0) is 31.6 Å². The molecule has 0 atom stereocenters. The Bertz CT molecular complexity index is 140. The van der Waals surface area contributed by atoms with E-state index in [1.807, 2.05) is 0 Å². The minimum Gasteiger partial charge on any atom is -0.359 e. The van der Waals surface area contributed by atoms with Crippen molar-refractivity contribution in [2.24, 2.45) is 0 Å². The molecule has 0 saturated carbocycles. The molecule has 0 aromatic carbocycles. The lowest BCUT2D eigenvalue weighted by Gasteiger charge is -2.17. The molecule has 0 aromatic rings. The van der Waals surface area contributed by atoms with E-state index in [1.54, 1.807) is 0 Å². The first-order chi connectivity index (χ1) is 8.85. The number of hydrogen-bond acceptors (Lipinski definition) is 1. The van der Waals surface area contributed by atoms with Crippen LogP contribution in [-0.2, 0) is 4.52 Å². The molecule has 0 N–H and O–H groups in total. The third-order valence-electron chi connectivity index (χ3n) is 3.29. The standard InChI is InChI=1S/C16H35OP/c1-4-7-10-11-14-17-18(15-12-8-5-2)16-13-9-6-3/h4-16H2,1-3H3. The van der Waals surface area contributed by atoms with Gasteiger partial charge in [0, 0.05) is 8.15 Å². The molecule has 18 heavy (non-hydrogen) atoms. The molecule has 0 saturated heterocycles. The minimum atomic E-state index is -0.105. The summed E-state index contributed by atoms with van der Waals surface area (Å²) in [5.41, 5.74) is 0. The van der Waals surface area contributed by atoms with Crippen LogP contribution in [0, 0.1) is 0 Å². The molecular weight excluding hydrogens is 239 g/mol. The van der Waals surface area contributed by atoms with Crippen molar-refractivity contribution >= 4 is 8.15 Å². The summed E-state index contributed by atoms with van der Waals surface area (Å²) in [6.45, 7) is 7.85. The van der Waals surface area contributed by atoms with Crippen molar-refractivity contribution in [3.8, 4) is 0 Å². The van der Waals surface area contributed by atoms with E-state index < -0.39 is 0 Å². The van der Waals surface area contributed by atoms with Crippen molar-refractivity contribution in [1.82, 2.24) is 0 Å². The van der Waals surface area contributed by atoms with E-state index in [4.69, 9.17) is 4.52 Å². The maximum absolute atomic E-state index is 6.15. The Morgan fingerprint density at radius 2 is 1.11 bits per heavy atom. The maximum atomic E-state index is 6.15. The number of unbranched alkanes of at least 4 members (excludes halogenated alkanes) is 7. The van der Waals surface area contributed by atoms with Crippen LogP contribution < -0.4 is 0 Å². The average Bonchev–Trinajstić information content (AvgIpc) is 2.38. The first-order valence-electron chi connectivity index (χ1n) is 8.23. The first-order valence-corrected chi connectivity index (χ1v) is 9.86. The van der Waals surface area contributed by atoms with Crippen LogP contribution >= 0.6 is 8.15 Å². The number of hydrogen-bond donors (Lipinski definition) is 0. The van der Waals surface area contributed by atoms with Gasteiger partial charge in [-0.25, -0.2) is 0 Å². The molecule has 1 nitrogen and oxygen atoms in total. The smallest absolute Gasteiger partial charge is 0.0508 e. The van der Waals surface area contributed by atoms with Gasteiger partial charge in [0.05, 0.1) is 6.61 Å². The summed E-state index contributed by atoms with van der Waals surface area (Å²) >= 11 is 0. The lowest BCUT2D eigenvalue weighted by atomic mass is 10.2. The van der Waals surface area contributed by atoms with Crippen LogP contribution in [0.1, 0.15) is 85.0 Å². The predicted octanol–water partition coefficient (Wildman–Crippen LogP) is 6.36. The largest absolute Gasteiger partial charge is 0.359 e. The number of rotatable bonds is 14. The molecule has 0 radical (unpaired) electrons. The second kappa shape index (κ2) is 15.4. The highest BCUT2D eigenvalue weighted by Gasteiger charge is 2.08. The molecule has 0 unspecified atom stereocenters. The van der Waals surface area contributed by atoms with Crippen LogP contribution in [0.4, 0.5) is 0 Å². The summed E-state index contributed by atoms with van der Waals surface area (Å²) in [6, 6.07) is 0. The van der Waals surface area contributed by atoms with E-state index in [0.717, 1.165) is 6.61 Å². The summed E-state index contributed by atoms with van der Waals surface area (Å²) in [7, 11) is -0.105. The van der Waals surface area contributed by atoms with Crippen LogP contribution in [0.2, 0.25) is 0 Å². The third-order valence-corrected chi connectivity index (χ3v) is 5.47. The van der Waals surface area contributed by atoms with Crippen LogP contribution in [0.5, 0.6) is 0 Å². The van der Waals surface area contributed by atoms with Crippen molar-refractivity contribution in [3.63, 3.8) is 0 Å². The van der Waals surface area contributed by atoms with Crippen LogP contribution in [0.25, 0.3) is 0 Å². The zero-order valence-corrected chi connectivity index (χ0v) is 13.9. The topological polar surface area (TPSA) is 9.23 Å². The second-order valence-electron chi connectivity index (χ2n) is 5.24. The van der Waals surface area contributed by atoms with Gasteiger partial charge in [0.1, 0.15) is 0 Å². The van der Waals surface area contributed by atoms with E-state index in [0.29, 0.717) is 0 Å². The highest BCUT2D eigenvalue weighted by molar-refractivity contribution is 7.52. The highest BCUT2D eigenvalue weighted by Crippen LogP contribution is 2.39. The van der Waals surface area contributed by atoms with Gasteiger partial charge in [-0.3, -0.25) is 0 Å². The summed E-state index contributed by atoms with van der Waals surface area (Å²) < 4.78 is 6.15. The monoisotopic (exact) mass is 274 g/mol. The molecule has 110 valence electrons. The van der Waals surface area contributed by atoms with Gasteiger partial charge in [-0.1, -0.05) is 65.7 Å². The molecule has 0 bridgehead atoms. The van der Waals surface area contributed by atoms with E-state index in [-0.39, 0.29) is 8.15 Å². The zero-order chi connectivity index (χ0) is 13.5. The van der Waals surface area contributed by atoms with E-state index in [2.05, 4.69) is 20.8 Å². The minimum absolute atomic E-state index is 0.105. The first kappa shape index (κ1) is 18.4. The van der Waals surface area contributed by atoms with Crippen molar-refractivity contribution in [2.45, 2.75) is 85.0 Å². The summed E-state index contributed by atoms with van der Waals surface area (Å²) in [5.74, 6) is 0. The normalized spacial score (nSPS) is 11.3. The summed E-state index contributed by atoms with van der Waals surface area (Å²) in [4.78, 5) is 0. The van der Waals surface area contributed by atoms with Gasteiger partial charge in [0.2, 0.25) is 0 Å². The fourth-order valence-corrected chi connectivity index (χ4v) is 4.06. The summed E-state index contributed by atoms with van der Waals surface area (Å²) in [5, 5.41) is 0. The van der Waals surface area contributed by atoms with Crippen LogP contribution in [0.3, 0.4) is 0 Å². The molecular formula is C16H35OP. The van der Waals surface area contributed by atoms with Crippen molar-refractivity contribution in [3.05, 3.63) is 0 Å². The van der Waals surface area contributed by atoms with Gasteiger partial charge >= 0.3 is 0 Å². The van der Waals surface area contributed by atoms with Gasteiger partial charge in [-0.2, -0.15) is 0 Å². The second-order valence-corrected chi connectivity index (χ2v) is 7.35. The van der Waals surface area contributed by atoms with Crippen molar-refractivity contribution in [1.29, 1.82) is 0 Å². The molecule has 0 heterocycles. The van der Waals surface area contributed by atoms with Crippen LogP contribution in [0.15, 0.2) is 0 Å². The molecule has 0 spiro atoms. The van der Waals surface area contributed by atoms with E-state index in [9.17, 15) is 0 Å². The van der Waals surface area contributed by atoms with E-state index in [1.165, 1.54) is 76.5 Å². The lowest BCUT2D eigenvalue weighted by Crippen LogP contribution is -1.98. The van der Waals surface area contributed by atoms with Crippen molar-refractivity contribution in [2.75, 3.05) is 18.9 Å². The van der Waals surface area contributed by atoms with Gasteiger partial charge in [-0.15, -0.1) is 0 Å². The van der Waals surface area contributed by atoms with Gasteiger partial charge in [0.25, 0.3) is 0 Å². The Morgan fingerprint density at radius 3 is 1.61 bits per heavy atom. The Hall–Kier alpha value is 0.390. The Kier molecular flexibility index (Phi) is 15.8. The van der Waals surface area contributed by atoms with E-state index >= 15 is 0 Å². The lowest BCUT2D eigenvalue weighted by molar-refractivity contribution is 0.334.